The SMILES string of the molecule is CC(C)(C)OC(=S)[S-].[Li+]. The molecule has 0 fully saturated rings. The zero-order valence-corrected chi connectivity index (χ0v) is 7.86. The van der Waals surface area contributed by atoms with Gasteiger partial charge in [-0.2, -0.15) is 0 Å². The molecule has 0 spiro atoms. The summed E-state index contributed by atoms with van der Waals surface area (Å²) in [5, 5.41) is 0. The van der Waals surface area contributed by atoms with Crippen molar-refractivity contribution in [3.63, 3.8) is 0 Å². The Kier molecular flexibility index (Phi) is 6.21. The van der Waals surface area contributed by atoms with E-state index in [4.69, 9.17) is 4.74 Å². The van der Waals surface area contributed by atoms with E-state index in [1.54, 1.807) is 0 Å². The Morgan fingerprint density at radius 1 is 1.44 bits per heavy atom. The summed E-state index contributed by atoms with van der Waals surface area (Å²) in [7, 11) is 0. The Bertz CT molecular complexity index is 97.6. The van der Waals surface area contributed by atoms with E-state index in [9.17, 15) is 0 Å². The van der Waals surface area contributed by atoms with Crippen molar-refractivity contribution in [2.45, 2.75) is 26.4 Å². The summed E-state index contributed by atoms with van der Waals surface area (Å²) in [6, 6.07) is 0. The molecular formula is C5H9LiOS2. The third-order valence-corrected chi connectivity index (χ3v) is 0.556. The van der Waals surface area contributed by atoms with Crippen LogP contribution in [0.2, 0.25) is 0 Å². The molecule has 0 radical (unpaired) electrons. The van der Waals surface area contributed by atoms with E-state index in [-0.39, 0.29) is 28.8 Å². The van der Waals surface area contributed by atoms with E-state index >= 15 is 0 Å². The average Bonchev–Trinajstić information content (AvgIpc) is 1.21. The molecule has 0 saturated heterocycles. The number of ether oxygens (including phenoxy) is 1. The van der Waals surface area contributed by atoms with Gasteiger partial charge in [-0.15, -0.1) is 0 Å². The van der Waals surface area contributed by atoms with Crippen LogP contribution in [-0.2, 0) is 17.4 Å². The smallest absolute Gasteiger partial charge is 0.508 e. The van der Waals surface area contributed by atoms with Crippen molar-refractivity contribution >= 4 is 29.2 Å². The largest absolute Gasteiger partial charge is 1.00 e. The van der Waals surface area contributed by atoms with E-state index in [0.29, 0.717) is 0 Å². The van der Waals surface area contributed by atoms with Crippen molar-refractivity contribution in [2.75, 3.05) is 0 Å². The first-order chi connectivity index (χ1) is 3.42. The van der Waals surface area contributed by atoms with Crippen LogP contribution in [0.5, 0.6) is 0 Å². The molecule has 0 saturated carbocycles. The van der Waals surface area contributed by atoms with Crippen LogP contribution in [-0.4, -0.2) is 9.98 Å². The number of hydrogen-bond donors (Lipinski definition) is 0. The van der Waals surface area contributed by atoms with E-state index < -0.39 is 0 Å². The molecule has 0 aliphatic rings. The van der Waals surface area contributed by atoms with Crippen LogP contribution >= 0.6 is 12.2 Å². The van der Waals surface area contributed by atoms with Crippen LogP contribution in [0.15, 0.2) is 0 Å². The number of thiocarbonyl (C=S) groups is 1. The standard InChI is InChI=1S/C5H10OS2.Li/c1-5(2,3)6-4(7)8;/h1-3H3,(H,7,8);/q;+1/p-1. The molecule has 0 aromatic carbocycles. The van der Waals surface area contributed by atoms with Crippen LogP contribution in [0.1, 0.15) is 20.8 Å². The summed E-state index contributed by atoms with van der Waals surface area (Å²) in [4.78, 5) is 0. The molecule has 0 aliphatic carbocycles. The summed E-state index contributed by atoms with van der Waals surface area (Å²) in [5.41, 5.74) is -0.223. The molecule has 0 rings (SSSR count). The van der Waals surface area contributed by atoms with Gasteiger partial charge in [0.15, 0.2) is 0 Å². The third kappa shape index (κ3) is 12.0. The van der Waals surface area contributed by atoms with Crippen molar-refractivity contribution in [3.05, 3.63) is 0 Å². The van der Waals surface area contributed by atoms with Crippen molar-refractivity contribution < 1.29 is 23.6 Å². The Morgan fingerprint density at radius 3 is 1.78 bits per heavy atom. The molecule has 0 heterocycles. The molecule has 0 aliphatic heterocycles. The minimum atomic E-state index is -0.223. The molecule has 48 valence electrons. The molecule has 0 atom stereocenters. The summed E-state index contributed by atoms with van der Waals surface area (Å²) in [5.74, 6) is 0. The minimum Gasteiger partial charge on any atom is -0.508 e. The topological polar surface area (TPSA) is 9.23 Å². The van der Waals surface area contributed by atoms with Gasteiger partial charge in [0.1, 0.15) is 0 Å². The van der Waals surface area contributed by atoms with Crippen LogP contribution in [0.25, 0.3) is 0 Å². The molecule has 0 aromatic heterocycles. The molecule has 9 heavy (non-hydrogen) atoms. The van der Waals surface area contributed by atoms with Crippen molar-refractivity contribution in [3.8, 4) is 0 Å². The molecular weight excluding hydrogens is 147 g/mol. The minimum absolute atomic E-state index is 0. The van der Waals surface area contributed by atoms with Gasteiger partial charge in [0.05, 0.1) is 5.60 Å². The fourth-order valence-corrected chi connectivity index (χ4v) is 0.750. The first-order valence-corrected chi connectivity index (χ1v) is 3.13. The second-order valence-electron chi connectivity index (χ2n) is 2.46. The Balaban J connectivity index is 0. The van der Waals surface area contributed by atoms with Gasteiger partial charge in [0.25, 0.3) is 0 Å². The second-order valence-corrected chi connectivity index (χ2v) is 3.46. The van der Waals surface area contributed by atoms with Crippen molar-refractivity contribution in [1.82, 2.24) is 0 Å². The quantitative estimate of drug-likeness (QED) is 0.243. The number of hydrogen-bond acceptors (Lipinski definition) is 3. The maximum Gasteiger partial charge on any atom is 1.00 e. The maximum absolute atomic E-state index is 4.98. The average molecular weight is 156 g/mol. The summed E-state index contributed by atoms with van der Waals surface area (Å²) in [6.45, 7) is 5.72. The van der Waals surface area contributed by atoms with Gasteiger partial charge in [0, 0.05) is 4.38 Å². The van der Waals surface area contributed by atoms with Crippen LogP contribution < -0.4 is 18.9 Å². The fraction of sp³-hybridized carbons (Fsp3) is 0.800. The first kappa shape index (κ1) is 12.4. The zero-order valence-electron chi connectivity index (χ0n) is 6.22. The first-order valence-electron chi connectivity index (χ1n) is 2.32. The Labute approximate surface area is 79.1 Å². The predicted molar refractivity (Wildman–Crippen MR) is 40.8 cm³/mol. The van der Waals surface area contributed by atoms with Crippen LogP contribution in [0.4, 0.5) is 0 Å². The van der Waals surface area contributed by atoms with Crippen LogP contribution in [0, 0.1) is 0 Å². The Morgan fingerprint density at radius 2 is 1.78 bits per heavy atom. The Hall–Kier alpha value is 0.707. The molecule has 0 amide bonds. The normalized spacial score (nSPS) is 9.67. The number of rotatable bonds is 0. The van der Waals surface area contributed by atoms with E-state index in [1.807, 2.05) is 20.8 Å². The maximum atomic E-state index is 4.98. The summed E-state index contributed by atoms with van der Waals surface area (Å²) >= 11 is 9.07. The van der Waals surface area contributed by atoms with Gasteiger partial charge in [0.2, 0.25) is 0 Å². The van der Waals surface area contributed by atoms with Crippen LogP contribution in [0.3, 0.4) is 0 Å². The van der Waals surface area contributed by atoms with Gasteiger partial charge in [-0.1, -0.05) is 0 Å². The van der Waals surface area contributed by atoms with E-state index in [0.717, 1.165) is 0 Å². The van der Waals surface area contributed by atoms with Gasteiger partial charge in [-0.25, -0.2) is 0 Å². The molecule has 0 aromatic rings. The molecule has 0 bridgehead atoms. The van der Waals surface area contributed by atoms with Gasteiger partial charge < -0.3 is 29.6 Å². The summed E-state index contributed by atoms with van der Waals surface area (Å²) in [6.07, 6.45) is 0. The van der Waals surface area contributed by atoms with Crippen molar-refractivity contribution in [1.29, 1.82) is 0 Å². The molecule has 4 heteroatoms. The monoisotopic (exact) mass is 156 g/mol. The zero-order chi connectivity index (χ0) is 6.78. The van der Waals surface area contributed by atoms with Gasteiger partial charge in [-0.3, -0.25) is 0 Å². The van der Waals surface area contributed by atoms with E-state index in [1.165, 1.54) is 0 Å². The third-order valence-electron chi connectivity index (χ3n) is 0.390. The van der Waals surface area contributed by atoms with Gasteiger partial charge >= 0.3 is 18.9 Å². The predicted octanol–water partition coefficient (Wildman–Crippen LogP) is -1.36. The summed E-state index contributed by atoms with van der Waals surface area (Å²) < 4.78 is 5.18. The molecule has 1 nitrogen and oxygen atoms in total. The second kappa shape index (κ2) is 4.51. The molecule has 0 unspecified atom stereocenters. The fourth-order valence-electron chi connectivity index (χ4n) is 0.250. The van der Waals surface area contributed by atoms with Gasteiger partial charge in [-0.05, 0) is 20.8 Å². The van der Waals surface area contributed by atoms with Crippen molar-refractivity contribution in [2.24, 2.45) is 0 Å². The molecule has 0 N–H and O–H groups in total. The van der Waals surface area contributed by atoms with E-state index in [2.05, 4.69) is 24.8 Å².